The Morgan fingerprint density at radius 3 is 2.55 bits per heavy atom. The van der Waals surface area contributed by atoms with E-state index in [1.54, 1.807) is 0 Å². The number of fused-ring (bicyclic) bond motifs is 2. The zero-order valence-corrected chi connectivity index (χ0v) is 5.57. The molecule has 0 saturated carbocycles. The van der Waals surface area contributed by atoms with Crippen LogP contribution in [0.1, 0.15) is 5.56 Å². The molecular formula is C5H4N2O4. The van der Waals surface area contributed by atoms with Gasteiger partial charge in [0.25, 0.3) is 11.4 Å². The fourth-order valence-corrected chi connectivity index (χ4v) is 0.937. The molecule has 1 aliphatic heterocycles. The molecule has 1 N–H and O–H groups in total. The van der Waals surface area contributed by atoms with Gasteiger partial charge in [0.15, 0.2) is 0 Å². The summed E-state index contributed by atoms with van der Waals surface area (Å²) < 4.78 is 5.12. The standard InChI is InChI=1S/C5H4N2O4/c1-2-3(8)7-5(9)6(10)4(2)11-7/h10H,1H3. The first-order chi connectivity index (χ1) is 5.13. The van der Waals surface area contributed by atoms with Gasteiger partial charge in [-0.15, -0.1) is 5.06 Å². The third-order valence-corrected chi connectivity index (χ3v) is 1.55. The Bertz CT molecular complexity index is 388. The van der Waals surface area contributed by atoms with Crippen LogP contribution in [0.15, 0.2) is 9.32 Å². The van der Waals surface area contributed by atoms with Crippen LogP contribution >= 0.6 is 0 Å². The lowest BCUT2D eigenvalue weighted by Gasteiger charge is -2.04. The van der Waals surface area contributed by atoms with E-state index in [0.717, 1.165) is 0 Å². The zero-order chi connectivity index (χ0) is 8.17. The van der Waals surface area contributed by atoms with Gasteiger partial charge in [-0.25, -0.2) is 4.79 Å². The Balaban J connectivity index is 2.82. The Morgan fingerprint density at radius 2 is 2.09 bits per heavy atom. The summed E-state index contributed by atoms with van der Waals surface area (Å²) in [5, 5.41) is 9.19. The minimum atomic E-state index is -0.865. The van der Waals surface area contributed by atoms with E-state index < -0.39 is 11.6 Å². The van der Waals surface area contributed by atoms with E-state index in [1.165, 1.54) is 6.92 Å². The summed E-state index contributed by atoms with van der Waals surface area (Å²) in [7, 11) is 0. The van der Waals surface area contributed by atoms with Crippen LogP contribution in [0.25, 0.3) is 0 Å². The average Bonchev–Trinajstić information content (AvgIpc) is 2.40. The summed E-state index contributed by atoms with van der Waals surface area (Å²) in [5.41, 5.74) is -0.289. The summed E-state index contributed by atoms with van der Waals surface area (Å²) in [4.78, 5) is 21.7. The number of amides is 1. The van der Waals surface area contributed by atoms with Crippen LogP contribution in [0, 0.1) is 6.92 Å². The molecule has 2 rings (SSSR count). The molecule has 2 heterocycles. The average molecular weight is 156 g/mol. The molecule has 1 amide bonds. The highest BCUT2D eigenvalue weighted by Crippen LogP contribution is 2.22. The summed E-state index contributed by atoms with van der Waals surface area (Å²) in [6, 6.07) is -0.865. The minimum Gasteiger partial charge on any atom is -0.346 e. The Morgan fingerprint density at radius 1 is 1.45 bits per heavy atom. The van der Waals surface area contributed by atoms with Crippen LogP contribution in [0.3, 0.4) is 0 Å². The van der Waals surface area contributed by atoms with Crippen molar-refractivity contribution in [3.8, 4) is 0 Å². The molecule has 0 aromatic carbocycles. The SMILES string of the molecule is Cc1c2on(c1=O)C(=O)N2O. The molecule has 11 heavy (non-hydrogen) atoms. The monoisotopic (exact) mass is 156 g/mol. The number of carbonyl (C=O) groups excluding carboxylic acids is 1. The fraction of sp³-hybridized carbons (Fsp3) is 0.200. The number of rotatable bonds is 0. The highest BCUT2D eigenvalue weighted by atomic mass is 16.6. The predicted octanol–water partition coefficient (Wildman–Crippen LogP) is -0.0730. The van der Waals surface area contributed by atoms with Crippen molar-refractivity contribution in [1.82, 2.24) is 4.74 Å². The summed E-state index contributed by atoms with van der Waals surface area (Å²) in [5.74, 6) is -0.0972. The van der Waals surface area contributed by atoms with Gasteiger partial charge >= 0.3 is 6.03 Å². The lowest BCUT2D eigenvalue weighted by atomic mass is 10.3. The van der Waals surface area contributed by atoms with Crippen molar-refractivity contribution < 1.29 is 14.5 Å². The number of hydrogen-bond donors (Lipinski definition) is 1. The number of anilines is 1. The quantitative estimate of drug-likeness (QED) is 0.533. The maximum absolute atomic E-state index is 10.9. The molecule has 58 valence electrons. The summed E-state index contributed by atoms with van der Waals surface area (Å²) in [6.07, 6.45) is 0. The molecule has 2 bridgehead atoms. The van der Waals surface area contributed by atoms with Crippen molar-refractivity contribution in [1.29, 1.82) is 0 Å². The number of aromatic nitrogens is 1. The van der Waals surface area contributed by atoms with E-state index in [9.17, 15) is 9.59 Å². The Kier molecular flexibility index (Phi) is 0.862. The summed E-state index contributed by atoms with van der Waals surface area (Å²) in [6.45, 7) is 1.47. The number of hydroxylamine groups is 1. The number of carbonyl (C=O) groups is 1. The highest BCUT2D eigenvalue weighted by molar-refractivity contribution is 5.92. The molecule has 0 atom stereocenters. The zero-order valence-electron chi connectivity index (χ0n) is 5.57. The minimum absolute atomic E-state index is 0.0972. The van der Waals surface area contributed by atoms with Crippen LogP contribution in [0.4, 0.5) is 10.7 Å². The molecular weight excluding hydrogens is 152 g/mol. The second kappa shape index (κ2) is 1.54. The summed E-state index contributed by atoms with van der Waals surface area (Å²) >= 11 is 0. The first-order valence-corrected chi connectivity index (χ1v) is 2.89. The van der Waals surface area contributed by atoms with Gasteiger partial charge in [-0.2, -0.15) is 0 Å². The van der Waals surface area contributed by atoms with Crippen molar-refractivity contribution in [2.24, 2.45) is 0 Å². The molecule has 0 aliphatic carbocycles. The number of hydrogen-bond acceptors (Lipinski definition) is 4. The normalized spacial score (nSPS) is 14.7. The molecule has 0 unspecified atom stereocenters. The van der Waals surface area contributed by atoms with Crippen LogP contribution < -0.4 is 10.6 Å². The van der Waals surface area contributed by atoms with Crippen molar-refractivity contribution in [2.75, 3.05) is 5.06 Å². The molecule has 1 aromatic heterocycles. The first kappa shape index (κ1) is 6.17. The van der Waals surface area contributed by atoms with E-state index in [1.807, 2.05) is 0 Å². The van der Waals surface area contributed by atoms with E-state index in [0.29, 0.717) is 9.80 Å². The van der Waals surface area contributed by atoms with Crippen LogP contribution in [0.2, 0.25) is 0 Å². The molecule has 0 saturated heterocycles. The predicted molar refractivity (Wildman–Crippen MR) is 32.8 cm³/mol. The molecule has 6 nitrogen and oxygen atoms in total. The molecule has 6 heteroatoms. The van der Waals surface area contributed by atoms with Crippen molar-refractivity contribution in [3.63, 3.8) is 0 Å². The lowest BCUT2D eigenvalue weighted by molar-refractivity contribution is 0.205. The third-order valence-electron chi connectivity index (χ3n) is 1.55. The van der Waals surface area contributed by atoms with Crippen LogP contribution in [0.5, 0.6) is 0 Å². The van der Waals surface area contributed by atoms with Crippen LogP contribution in [-0.2, 0) is 0 Å². The maximum Gasteiger partial charge on any atom is 0.392 e. The van der Waals surface area contributed by atoms with Gasteiger partial charge in [0.05, 0.1) is 5.56 Å². The van der Waals surface area contributed by atoms with Gasteiger partial charge in [-0.3, -0.25) is 10.0 Å². The second-order valence-electron chi connectivity index (χ2n) is 2.22. The molecule has 0 fully saturated rings. The van der Waals surface area contributed by atoms with Gasteiger partial charge in [0.2, 0.25) is 0 Å². The molecule has 0 spiro atoms. The van der Waals surface area contributed by atoms with Gasteiger partial charge in [-0.05, 0) is 6.92 Å². The lowest BCUT2D eigenvalue weighted by Crippen LogP contribution is -2.36. The topological polar surface area (TPSA) is 75.7 Å². The van der Waals surface area contributed by atoms with Crippen LogP contribution in [-0.4, -0.2) is 16.0 Å². The van der Waals surface area contributed by atoms with E-state index in [-0.39, 0.29) is 11.4 Å². The third kappa shape index (κ3) is 0.501. The van der Waals surface area contributed by atoms with E-state index in [2.05, 4.69) is 4.52 Å². The maximum atomic E-state index is 10.9. The Labute approximate surface area is 60.2 Å². The van der Waals surface area contributed by atoms with E-state index in [4.69, 9.17) is 5.21 Å². The fourth-order valence-electron chi connectivity index (χ4n) is 0.937. The molecule has 1 aromatic rings. The smallest absolute Gasteiger partial charge is 0.346 e. The van der Waals surface area contributed by atoms with Crippen molar-refractivity contribution in [2.45, 2.75) is 6.92 Å². The largest absolute Gasteiger partial charge is 0.392 e. The van der Waals surface area contributed by atoms with Crippen molar-refractivity contribution >= 4 is 11.9 Å². The van der Waals surface area contributed by atoms with E-state index >= 15 is 0 Å². The van der Waals surface area contributed by atoms with Gasteiger partial charge in [-0.1, -0.05) is 4.74 Å². The molecule has 1 aliphatic rings. The van der Waals surface area contributed by atoms with Gasteiger partial charge in [0.1, 0.15) is 0 Å². The van der Waals surface area contributed by atoms with Crippen molar-refractivity contribution in [3.05, 3.63) is 15.9 Å². The second-order valence-corrected chi connectivity index (χ2v) is 2.22. The van der Waals surface area contributed by atoms with Gasteiger partial charge < -0.3 is 4.52 Å². The van der Waals surface area contributed by atoms with Gasteiger partial charge in [0, 0.05) is 0 Å². The first-order valence-electron chi connectivity index (χ1n) is 2.89. The Hall–Kier alpha value is -1.56. The number of nitrogens with zero attached hydrogens (tertiary/aromatic N) is 2. The molecule has 0 radical (unpaired) electrons. The highest BCUT2D eigenvalue weighted by Gasteiger charge is 2.35.